The second-order valence-corrected chi connectivity index (χ2v) is 7.52. The summed E-state index contributed by atoms with van der Waals surface area (Å²) in [6.45, 7) is 6.86. The Kier molecular flexibility index (Phi) is 5.48. The molecule has 0 amide bonds. The van der Waals surface area contributed by atoms with Gasteiger partial charge in [-0.3, -0.25) is 4.90 Å². The molecule has 2 atom stereocenters. The third-order valence-corrected chi connectivity index (χ3v) is 6.05. The highest BCUT2D eigenvalue weighted by Gasteiger charge is 2.34. The van der Waals surface area contributed by atoms with Crippen LogP contribution < -0.4 is 5.32 Å². The maximum Gasteiger partial charge on any atom is 0.0594 e. The van der Waals surface area contributed by atoms with Crippen molar-refractivity contribution in [3.05, 3.63) is 35.9 Å². The van der Waals surface area contributed by atoms with Gasteiger partial charge in [0.2, 0.25) is 0 Å². The lowest BCUT2D eigenvalue weighted by Gasteiger charge is -2.41. The molecule has 132 valence electrons. The van der Waals surface area contributed by atoms with Crippen LogP contribution in [0.3, 0.4) is 0 Å². The van der Waals surface area contributed by atoms with Crippen LogP contribution in [0, 0.1) is 5.92 Å². The standard InChI is InChI=1S/C20H30N2O2/c1-2-4-16(5-3-1)18-12-19(13-18)21-14-20(17-6-9-24-15-17)22-7-10-23-11-8-22/h1-5,17-21H,6-15H2/t17-,18?,19?,20+/m1/s1. The first kappa shape index (κ1) is 16.5. The summed E-state index contributed by atoms with van der Waals surface area (Å²) in [4.78, 5) is 2.63. The summed E-state index contributed by atoms with van der Waals surface area (Å²) in [6.07, 6.45) is 3.77. The fourth-order valence-corrected chi connectivity index (χ4v) is 4.43. The van der Waals surface area contributed by atoms with Crippen LogP contribution in [0.1, 0.15) is 30.7 Å². The molecular formula is C20H30N2O2. The molecule has 24 heavy (non-hydrogen) atoms. The van der Waals surface area contributed by atoms with Crippen molar-refractivity contribution in [1.29, 1.82) is 0 Å². The Bertz CT molecular complexity index is 492. The van der Waals surface area contributed by atoms with E-state index in [-0.39, 0.29) is 0 Å². The Balaban J connectivity index is 1.28. The summed E-state index contributed by atoms with van der Waals surface area (Å²) in [5.41, 5.74) is 1.50. The van der Waals surface area contributed by atoms with Crippen LogP contribution in [0.25, 0.3) is 0 Å². The zero-order valence-corrected chi connectivity index (χ0v) is 14.5. The van der Waals surface area contributed by atoms with Crippen LogP contribution in [-0.2, 0) is 9.47 Å². The summed E-state index contributed by atoms with van der Waals surface area (Å²) in [7, 11) is 0. The molecule has 0 unspecified atom stereocenters. The number of morpholine rings is 1. The topological polar surface area (TPSA) is 33.7 Å². The number of hydrogen-bond acceptors (Lipinski definition) is 4. The van der Waals surface area contributed by atoms with Gasteiger partial charge in [-0.15, -0.1) is 0 Å². The molecule has 1 aliphatic carbocycles. The van der Waals surface area contributed by atoms with Crippen LogP contribution in [0.4, 0.5) is 0 Å². The van der Waals surface area contributed by atoms with E-state index in [1.807, 2.05) is 0 Å². The molecule has 3 aliphatic rings. The molecule has 4 rings (SSSR count). The highest BCUT2D eigenvalue weighted by atomic mass is 16.5. The molecule has 0 spiro atoms. The van der Waals surface area contributed by atoms with Crippen LogP contribution >= 0.6 is 0 Å². The average molecular weight is 330 g/mol. The first-order chi connectivity index (χ1) is 11.9. The molecule has 4 heteroatoms. The molecule has 2 heterocycles. The lowest BCUT2D eigenvalue weighted by molar-refractivity contribution is -0.0000249. The number of hydrogen-bond donors (Lipinski definition) is 1. The van der Waals surface area contributed by atoms with Gasteiger partial charge in [-0.05, 0) is 30.7 Å². The fourth-order valence-electron chi connectivity index (χ4n) is 4.43. The Hall–Kier alpha value is -0.940. The van der Waals surface area contributed by atoms with Gasteiger partial charge < -0.3 is 14.8 Å². The zero-order valence-electron chi connectivity index (χ0n) is 14.5. The predicted octanol–water partition coefficient (Wildman–Crippen LogP) is 2.26. The number of rotatable bonds is 6. The summed E-state index contributed by atoms with van der Waals surface area (Å²) >= 11 is 0. The Morgan fingerprint density at radius 2 is 1.83 bits per heavy atom. The minimum absolute atomic E-state index is 0.604. The lowest BCUT2D eigenvalue weighted by atomic mass is 9.76. The van der Waals surface area contributed by atoms with Crippen molar-refractivity contribution in [2.75, 3.05) is 46.1 Å². The lowest BCUT2D eigenvalue weighted by Crippen LogP contribution is -2.54. The summed E-state index contributed by atoms with van der Waals surface area (Å²) in [5.74, 6) is 1.43. The van der Waals surface area contributed by atoms with E-state index in [0.717, 1.165) is 52.0 Å². The first-order valence-electron chi connectivity index (χ1n) is 9.58. The Morgan fingerprint density at radius 3 is 2.54 bits per heavy atom. The van der Waals surface area contributed by atoms with Gasteiger partial charge in [-0.2, -0.15) is 0 Å². The van der Waals surface area contributed by atoms with Gasteiger partial charge in [0.15, 0.2) is 0 Å². The van der Waals surface area contributed by atoms with E-state index in [2.05, 4.69) is 40.5 Å². The van der Waals surface area contributed by atoms with E-state index in [4.69, 9.17) is 9.47 Å². The zero-order chi connectivity index (χ0) is 16.2. The molecule has 4 nitrogen and oxygen atoms in total. The first-order valence-corrected chi connectivity index (χ1v) is 9.58. The van der Waals surface area contributed by atoms with E-state index in [1.54, 1.807) is 0 Å². The minimum Gasteiger partial charge on any atom is -0.381 e. The molecule has 1 aromatic rings. The van der Waals surface area contributed by atoms with Crippen molar-refractivity contribution in [3.63, 3.8) is 0 Å². The Labute approximate surface area is 145 Å². The molecule has 0 aromatic heterocycles. The van der Waals surface area contributed by atoms with E-state index in [9.17, 15) is 0 Å². The van der Waals surface area contributed by atoms with Crippen molar-refractivity contribution in [2.45, 2.75) is 37.3 Å². The van der Waals surface area contributed by atoms with Crippen molar-refractivity contribution in [1.82, 2.24) is 10.2 Å². The average Bonchev–Trinajstić information content (AvgIpc) is 3.13. The smallest absolute Gasteiger partial charge is 0.0594 e. The normalized spacial score (nSPS) is 32.4. The van der Waals surface area contributed by atoms with Gasteiger partial charge in [-0.25, -0.2) is 0 Å². The number of benzene rings is 1. The SMILES string of the molecule is c1ccc(C2CC(NC[C@@H]([C@@H]3CCOC3)N3CCOCC3)C2)cc1. The molecule has 1 N–H and O–H groups in total. The van der Waals surface area contributed by atoms with Gasteiger partial charge in [0, 0.05) is 44.2 Å². The van der Waals surface area contributed by atoms with Crippen LogP contribution in [-0.4, -0.2) is 63.0 Å². The molecule has 2 saturated heterocycles. The number of nitrogens with zero attached hydrogens (tertiary/aromatic N) is 1. The van der Waals surface area contributed by atoms with E-state index >= 15 is 0 Å². The van der Waals surface area contributed by atoms with E-state index in [0.29, 0.717) is 18.0 Å². The van der Waals surface area contributed by atoms with Crippen LogP contribution in [0.2, 0.25) is 0 Å². The van der Waals surface area contributed by atoms with Gasteiger partial charge in [0.25, 0.3) is 0 Å². The fraction of sp³-hybridized carbons (Fsp3) is 0.700. The molecule has 0 bridgehead atoms. The van der Waals surface area contributed by atoms with Crippen molar-refractivity contribution >= 4 is 0 Å². The number of nitrogens with one attached hydrogen (secondary N) is 1. The highest BCUT2D eigenvalue weighted by Crippen LogP contribution is 2.36. The summed E-state index contributed by atoms with van der Waals surface area (Å²) in [6, 6.07) is 12.2. The van der Waals surface area contributed by atoms with Crippen molar-refractivity contribution in [2.24, 2.45) is 5.92 Å². The van der Waals surface area contributed by atoms with Gasteiger partial charge >= 0.3 is 0 Å². The highest BCUT2D eigenvalue weighted by molar-refractivity contribution is 5.22. The second-order valence-electron chi connectivity index (χ2n) is 7.52. The predicted molar refractivity (Wildman–Crippen MR) is 95.3 cm³/mol. The quantitative estimate of drug-likeness (QED) is 0.867. The minimum atomic E-state index is 0.604. The maximum atomic E-state index is 5.67. The molecule has 0 radical (unpaired) electrons. The molecule has 1 saturated carbocycles. The molecular weight excluding hydrogens is 300 g/mol. The maximum absolute atomic E-state index is 5.67. The molecule has 3 fully saturated rings. The van der Waals surface area contributed by atoms with E-state index in [1.165, 1.54) is 24.8 Å². The van der Waals surface area contributed by atoms with Gasteiger partial charge in [-0.1, -0.05) is 30.3 Å². The largest absolute Gasteiger partial charge is 0.381 e. The van der Waals surface area contributed by atoms with Crippen LogP contribution in [0.5, 0.6) is 0 Å². The monoisotopic (exact) mass is 330 g/mol. The van der Waals surface area contributed by atoms with Crippen molar-refractivity contribution < 1.29 is 9.47 Å². The van der Waals surface area contributed by atoms with Crippen molar-refractivity contribution in [3.8, 4) is 0 Å². The van der Waals surface area contributed by atoms with E-state index < -0.39 is 0 Å². The Morgan fingerprint density at radius 1 is 1.04 bits per heavy atom. The van der Waals surface area contributed by atoms with Gasteiger partial charge in [0.1, 0.15) is 0 Å². The summed E-state index contributed by atoms with van der Waals surface area (Å²) in [5, 5.41) is 3.86. The molecule has 2 aliphatic heterocycles. The van der Waals surface area contributed by atoms with Crippen LogP contribution in [0.15, 0.2) is 30.3 Å². The molecule has 1 aromatic carbocycles. The third kappa shape index (κ3) is 3.83. The summed E-state index contributed by atoms with van der Waals surface area (Å²) < 4.78 is 11.2. The second kappa shape index (κ2) is 7.96. The third-order valence-electron chi connectivity index (χ3n) is 6.05. The van der Waals surface area contributed by atoms with Gasteiger partial charge in [0.05, 0.1) is 19.8 Å². The number of ether oxygens (including phenoxy) is 2.